The van der Waals surface area contributed by atoms with E-state index < -0.39 is 0 Å². The monoisotopic (exact) mass is 314 g/mol. The lowest BCUT2D eigenvalue weighted by Gasteiger charge is -2.10. The molecular weight excluding hydrogens is 300 g/mol. The predicted molar refractivity (Wildman–Crippen MR) is 92.6 cm³/mol. The predicted octanol–water partition coefficient (Wildman–Crippen LogP) is 5.21. The Bertz CT molecular complexity index is 877. The molecule has 116 valence electrons. The Labute approximate surface area is 139 Å². The van der Waals surface area contributed by atoms with E-state index in [1.54, 1.807) is 0 Å². The molecule has 0 aliphatic carbocycles. The Morgan fingerprint density at radius 3 is 1.25 bits per heavy atom. The van der Waals surface area contributed by atoms with Gasteiger partial charge < -0.3 is 9.47 Å². The smallest absolute Gasteiger partial charge is 0.247 e. The largest absolute Gasteiger partial charge is 0.437 e. The molecule has 3 aromatic carbocycles. The molecule has 0 aliphatic rings. The summed E-state index contributed by atoms with van der Waals surface area (Å²) in [7, 11) is 0. The van der Waals surface area contributed by atoms with Crippen LogP contribution in [-0.4, -0.2) is 10.2 Å². The fraction of sp³-hybridized carbons (Fsp3) is 0. The summed E-state index contributed by atoms with van der Waals surface area (Å²) >= 11 is 0. The van der Waals surface area contributed by atoms with Crippen molar-refractivity contribution in [3.05, 3.63) is 84.9 Å². The Balaban J connectivity index is 1.74. The Morgan fingerprint density at radius 1 is 0.458 bits per heavy atom. The van der Waals surface area contributed by atoms with Gasteiger partial charge >= 0.3 is 0 Å². The van der Waals surface area contributed by atoms with Gasteiger partial charge in [0, 0.05) is 0 Å². The maximum Gasteiger partial charge on any atom is 0.247 e. The van der Waals surface area contributed by atoms with E-state index in [-0.39, 0.29) is 0 Å². The molecule has 0 spiro atoms. The highest BCUT2D eigenvalue weighted by atomic mass is 16.5. The molecule has 0 N–H and O–H groups in total. The number of rotatable bonds is 4. The van der Waals surface area contributed by atoms with Crippen molar-refractivity contribution in [2.75, 3.05) is 0 Å². The second kappa shape index (κ2) is 6.38. The van der Waals surface area contributed by atoms with Crippen LogP contribution in [0.1, 0.15) is 0 Å². The van der Waals surface area contributed by atoms with E-state index >= 15 is 0 Å². The highest BCUT2D eigenvalue weighted by molar-refractivity contribution is 5.90. The maximum absolute atomic E-state index is 5.87. The first kappa shape index (κ1) is 14.2. The molecule has 0 bridgehead atoms. The summed E-state index contributed by atoms with van der Waals surface area (Å²) in [6, 6.07) is 26.8. The van der Waals surface area contributed by atoms with Crippen molar-refractivity contribution >= 4 is 10.8 Å². The zero-order valence-electron chi connectivity index (χ0n) is 12.8. The molecule has 4 heteroatoms. The van der Waals surface area contributed by atoms with Gasteiger partial charge in [-0.3, -0.25) is 0 Å². The average molecular weight is 314 g/mol. The molecule has 0 atom stereocenters. The van der Waals surface area contributed by atoms with Crippen molar-refractivity contribution < 1.29 is 9.47 Å². The number of hydrogen-bond acceptors (Lipinski definition) is 4. The normalized spacial score (nSPS) is 10.5. The molecule has 4 aromatic rings. The minimum Gasteiger partial charge on any atom is -0.437 e. The van der Waals surface area contributed by atoms with Crippen molar-refractivity contribution in [2.45, 2.75) is 0 Å². The first-order valence-electron chi connectivity index (χ1n) is 7.61. The van der Waals surface area contributed by atoms with Gasteiger partial charge in [0.25, 0.3) is 0 Å². The quantitative estimate of drug-likeness (QED) is 0.518. The van der Waals surface area contributed by atoms with Crippen LogP contribution in [-0.2, 0) is 0 Å². The summed E-state index contributed by atoms with van der Waals surface area (Å²) in [6.45, 7) is 0. The van der Waals surface area contributed by atoms with Gasteiger partial charge in [-0.2, -0.15) is 0 Å². The van der Waals surface area contributed by atoms with Crippen LogP contribution in [0, 0.1) is 0 Å². The van der Waals surface area contributed by atoms with Crippen LogP contribution in [0.2, 0.25) is 0 Å². The molecule has 24 heavy (non-hydrogen) atoms. The van der Waals surface area contributed by atoms with E-state index in [0.717, 1.165) is 10.8 Å². The summed E-state index contributed by atoms with van der Waals surface area (Å²) in [4.78, 5) is 0. The second-order valence-electron chi connectivity index (χ2n) is 5.19. The Kier molecular flexibility index (Phi) is 3.78. The molecule has 0 fully saturated rings. The van der Waals surface area contributed by atoms with Crippen LogP contribution in [0.4, 0.5) is 0 Å². The standard InChI is InChI=1S/C20H14N2O2/c1-3-9-15(10-4-1)23-19-17-13-7-8-14-18(17)20(22-21-19)24-16-11-5-2-6-12-16/h1-14H. The van der Waals surface area contributed by atoms with Gasteiger partial charge in [-0.15, -0.1) is 10.2 Å². The first-order chi connectivity index (χ1) is 11.9. The zero-order valence-corrected chi connectivity index (χ0v) is 12.8. The number of fused-ring (bicyclic) bond motifs is 1. The van der Waals surface area contributed by atoms with Gasteiger partial charge in [0.05, 0.1) is 10.8 Å². The molecule has 0 aliphatic heterocycles. The molecule has 0 unspecified atom stereocenters. The number of para-hydroxylation sites is 2. The number of hydrogen-bond donors (Lipinski definition) is 0. The maximum atomic E-state index is 5.87. The minimum absolute atomic E-state index is 0.456. The Morgan fingerprint density at radius 2 is 0.833 bits per heavy atom. The van der Waals surface area contributed by atoms with Crippen LogP contribution in [0.25, 0.3) is 10.8 Å². The third-order valence-corrected chi connectivity index (χ3v) is 3.53. The SMILES string of the molecule is c1ccc(Oc2nnc(Oc3ccccc3)c3ccccc23)cc1. The number of benzene rings is 3. The average Bonchev–Trinajstić information content (AvgIpc) is 2.65. The molecule has 4 rings (SSSR count). The van der Waals surface area contributed by atoms with Gasteiger partial charge in [0.2, 0.25) is 11.8 Å². The van der Waals surface area contributed by atoms with Crippen LogP contribution in [0.15, 0.2) is 84.9 Å². The highest BCUT2D eigenvalue weighted by Gasteiger charge is 2.12. The van der Waals surface area contributed by atoms with E-state index in [1.165, 1.54) is 0 Å². The molecule has 0 radical (unpaired) electrons. The van der Waals surface area contributed by atoms with Crippen molar-refractivity contribution in [2.24, 2.45) is 0 Å². The van der Waals surface area contributed by atoms with Crippen LogP contribution < -0.4 is 9.47 Å². The lowest BCUT2D eigenvalue weighted by molar-refractivity contribution is 0.436. The second-order valence-corrected chi connectivity index (χ2v) is 5.19. The summed E-state index contributed by atoms with van der Waals surface area (Å²) in [5.41, 5.74) is 0. The third-order valence-electron chi connectivity index (χ3n) is 3.53. The molecule has 0 amide bonds. The van der Waals surface area contributed by atoms with E-state index in [0.29, 0.717) is 23.3 Å². The van der Waals surface area contributed by atoms with E-state index in [1.807, 2.05) is 84.9 Å². The fourth-order valence-corrected chi connectivity index (χ4v) is 2.41. The van der Waals surface area contributed by atoms with Crippen molar-refractivity contribution in [3.8, 4) is 23.3 Å². The summed E-state index contributed by atoms with van der Waals surface area (Å²) in [6.07, 6.45) is 0. The van der Waals surface area contributed by atoms with Crippen LogP contribution in [0.3, 0.4) is 0 Å². The van der Waals surface area contributed by atoms with Gasteiger partial charge in [0.15, 0.2) is 0 Å². The van der Waals surface area contributed by atoms with E-state index in [4.69, 9.17) is 9.47 Å². The summed E-state index contributed by atoms with van der Waals surface area (Å²) in [5.74, 6) is 2.34. The van der Waals surface area contributed by atoms with Crippen molar-refractivity contribution in [3.63, 3.8) is 0 Å². The number of ether oxygens (including phenoxy) is 2. The molecule has 1 heterocycles. The topological polar surface area (TPSA) is 44.2 Å². The Hall–Kier alpha value is -3.40. The third kappa shape index (κ3) is 2.90. The number of aromatic nitrogens is 2. The summed E-state index contributed by atoms with van der Waals surface area (Å²) in [5, 5.41) is 10.1. The molecule has 0 saturated carbocycles. The van der Waals surface area contributed by atoms with Crippen LogP contribution >= 0.6 is 0 Å². The zero-order chi connectivity index (χ0) is 16.2. The van der Waals surface area contributed by atoms with Gasteiger partial charge in [0.1, 0.15) is 11.5 Å². The van der Waals surface area contributed by atoms with Gasteiger partial charge in [-0.25, -0.2) is 0 Å². The number of nitrogens with zero attached hydrogens (tertiary/aromatic N) is 2. The minimum atomic E-state index is 0.456. The van der Waals surface area contributed by atoms with Gasteiger partial charge in [-0.05, 0) is 36.4 Å². The molecule has 0 saturated heterocycles. The lowest BCUT2D eigenvalue weighted by atomic mass is 10.2. The van der Waals surface area contributed by atoms with Gasteiger partial charge in [-0.1, -0.05) is 48.5 Å². The van der Waals surface area contributed by atoms with Crippen molar-refractivity contribution in [1.82, 2.24) is 10.2 Å². The molecule has 4 nitrogen and oxygen atoms in total. The highest BCUT2D eigenvalue weighted by Crippen LogP contribution is 2.33. The molecule has 1 aromatic heterocycles. The van der Waals surface area contributed by atoms with Crippen molar-refractivity contribution in [1.29, 1.82) is 0 Å². The summed E-state index contributed by atoms with van der Waals surface area (Å²) < 4.78 is 11.7. The lowest BCUT2D eigenvalue weighted by Crippen LogP contribution is -1.96. The van der Waals surface area contributed by atoms with E-state index in [9.17, 15) is 0 Å². The first-order valence-corrected chi connectivity index (χ1v) is 7.61. The van der Waals surface area contributed by atoms with Crippen LogP contribution in [0.5, 0.6) is 23.3 Å². The fourth-order valence-electron chi connectivity index (χ4n) is 2.41. The molecular formula is C20H14N2O2. The van der Waals surface area contributed by atoms with E-state index in [2.05, 4.69) is 10.2 Å².